The van der Waals surface area contributed by atoms with Crippen molar-refractivity contribution in [3.05, 3.63) is 12.2 Å². The van der Waals surface area contributed by atoms with E-state index in [0.717, 1.165) is 12.8 Å². The third-order valence-electron chi connectivity index (χ3n) is 6.20. The number of rotatable bonds is 9. The number of aliphatic hydroxyl groups is 1. The number of unbranched alkanes of at least 4 members (excludes halogenated alkanes) is 1. The molecule has 1 saturated heterocycles. The van der Waals surface area contributed by atoms with E-state index in [4.69, 9.17) is 0 Å². The van der Waals surface area contributed by atoms with Crippen LogP contribution in [0.1, 0.15) is 47.0 Å². The van der Waals surface area contributed by atoms with E-state index < -0.39 is 23.9 Å². The largest absolute Gasteiger partial charge is 0.394 e. The summed E-state index contributed by atoms with van der Waals surface area (Å²) in [7, 11) is 1.57. The standard InChI is InChI=1S/C22H37N3O4/c1-6-7-10-24-21(28)19-16-9-8-14(4)17(20(27)23-5)18(16)22(29)25(19)15(12-26)11-13(2)3/h8-9,13-19,26H,6-7,10-12H2,1-5H3,(H,23,27)(H,24,28)/t14-,15-,16+,17-,18+,19+/m1/s1. The summed E-state index contributed by atoms with van der Waals surface area (Å²) < 4.78 is 0. The number of likely N-dealkylation sites (tertiary alicyclic amines) is 1. The lowest BCUT2D eigenvalue weighted by molar-refractivity contribution is -0.143. The summed E-state index contributed by atoms with van der Waals surface area (Å²) >= 11 is 0. The fourth-order valence-electron chi connectivity index (χ4n) is 4.81. The molecular weight excluding hydrogens is 370 g/mol. The first-order valence-electron chi connectivity index (χ1n) is 10.9. The fourth-order valence-corrected chi connectivity index (χ4v) is 4.81. The second kappa shape index (κ2) is 10.2. The molecule has 0 saturated carbocycles. The van der Waals surface area contributed by atoms with Crippen molar-refractivity contribution in [3.8, 4) is 0 Å². The summed E-state index contributed by atoms with van der Waals surface area (Å²) in [6.45, 7) is 8.39. The van der Waals surface area contributed by atoms with Gasteiger partial charge in [-0.2, -0.15) is 0 Å². The zero-order chi connectivity index (χ0) is 21.7. The number of hydrogen-bond donors (Lipinski definition) is 3. The Hall–Kier alpha value is -1.89. The lowest BCUT2D eigenvalue weighted by atomic mass is 9.70. The Labute approximate surface area is 174 Å². The number of aliphatic hydroxyl groups excluding tert-OH is 1. The van der Waals surface area contributed by atoms with Crippen molar-refractivity contribution in [3.63, 3.8) is 0 Å². The van der Waals surface area contributed by atoms with Crippen LogP contribution in [0.2, 0.25) is 0 Å². The molecule has 3 N–H and O–H groups in total. The lowest BCUT2D eigenvalue weighted by Gasteiger charge is -2.34. The Morgan fingerprint density at radius 3 is 2.48 bits per heavy atom. The van der Waals surface area contributed by atoms with Crippen molar-refractivity contribution >= 4 is 17.7 Å². The molecule has 3 amide bonds. The minimum Gasteiger partial charge on any atom is -0.394 e. The average molecular weight is 408 g/mol. The van der Waals surface area contributed by atoms with Crippen LogP contribution in [-0.4, -0.2) is 60.0 Å². The molecule has 0 bridgehead atoms. The molecule has 164 valence electrons. The molecule has 2 aliphatic rings. The number of nitrogens with one attached hydrogen (secondary N) is 2. The van der Waals surface area contributed by atoms with E-state index in [0.29, 0.717) is 13.0 Å². The molecule has 1 aliphatic carbocycles. The molecule has 2 rings (SSSR count). The maximum absolute atomic E-state index is 13.6. The second-order valence-corrected chi connectivity index (χ2v) is 8.79. The number of hydrogen-bond acceptors (Lipinski definition) is 4. The Morgan fingerprint density at radius 2 is 1.93 bits per heavy atom. The van der Waals surface area contributed by atoms with Gasteiger partial charge in [-0.25, -0.2) is 0 Å². The fraction of sp³-hybridized carbons (Fsp3) is 0.773. The molecule has 0 spiro atoms. The van der Waals surface area contributed by atoms with Gasteiger partial charge in [0.05, 0.1) is 24.5 Å². The number of nitrogens with zero attached hydrogens (tertiary/aromatic N) is 1. The van der Waals surface area contributed by atoms with Gasteiger partial charge in [-0.15, -0.1) is 0 Å². The molecule has 29 heavy (non-hydrogen) atoms. The number of carbonyl (C=O) groups is 3. The van der Waals surface area contributed by atoms with Crippen LogP contribution in [0.25, 0.3) is 0 Å². The maximum atomic E-state index is 13.6. The zero-order valence-corrected chi connectivity index (χ0v) is 18.4. The topological polar surface area (TPSA) is 98.7 Å². The van der Waals surface area contributed by atoms with Gasteiger partial charge >= 0.3 is 0 Å². The van der Waals surface area contributed by atoms with Crippen LogP contribution in [0.3, 0.4) is 0 Å². The average Bonchev–Trinajstić information content (AvgIpc) is 2.98. The second-order valence-electron chi connectivity index (χ2n) is 8.79. The molecule has 1 aliphatic heterocycles. The van der Waals surface area contributed by atoms with Crippen molar-refractivity contribution in [1.29, 1.82) is 0 Å². The summed E-state index contributed by atoms with van der Waals surface area (Å²) in [6, 6.07) is -1.14. The highest BCUT2D eigenvalue weighted by molar-refractivity contribution is 5.97. The van der Waals surface area contributed by atoms with Gasteiger partial charge in [-0.05, 0) is 24.7 Å². The van der Waals surface area contributed by atoms with Crippen molar-refractivity contribution in [1.82, 2.24) is 15.5 Å². The van der Waals surface area contributed by atoms with Crippen LogP contribution in [0, 0.1) is 29.6 Å². The molecule has 0 aromatic heterocycles. The summed E-state index contributed by atoms with van der Waals surface area (Å²) in [5.74, 6) is -1.89. The predicted molar refractivity (Wildman–Crippen MR) is 112 cm³/mol. The third kappa shape index (κ3) is 4.82. The number of fused-ring (bicyclic) bond motifs is 1. The first kappa shape index (κ1) is 23.4. The summed E-state index contributed by atoms with van der Waals surface area (Å²) in [4.78, 5) is 40.9. The van der Waals surface area contributed by atoms with Crippen LogP contribution >= 0.6 is 0 Å². The summed E-state index contributed by atoms with van der Waals surface area (Å²) in [5, 5.41) is 15.7. The van der Waals surface area contributed by atoms with Crippen molar-refractivity contribution in [2.24, 2.45) is 29.6 Å². The Kier molecular flexibility index (Phi) is 8.25. The molecule has 0 aromatic carbocycles. The monoisotopic (exact) mass is 407 g/mol. The molecule has 6 atom stereocenters. The normalized spacial score (nSPS) is 29.7. The van der Waals surface area contributed by atoms with Gasteiger partial charge in [0.2, 0.25) is 17.7 Å². The first-order chi connectivity index (χ1) is 13.8. The molecule has 0 radical (unpaired) electrons. The van der Waals surface area contributed by atoms with Gasteiger partial charge in [-0.1, -0.05) is 46.3 Å². The number of allylic oxidation sites excluding steroid dienone is 1. The highest BCUT2D eigenvalue weighted by atomic mass is 16.3. The van der Waals surface area contributed by atoms with E-state index in [2.05, 4.69) is 17.6 Å². The van der Waals surface area contributed by atoms with Gasteiger partial charge in [0.25, 0.3) is 0 Å². The van der Waals surface area contributed by atoms with Crippen LogP contribution in [-0.2, 0) is 14.4 Å². The minimum atomic E-state index is -0.698. The van der Waals surface area contributed by atoms with Crippen LogP contribution in [0.15, 0.2) is 12.2 Å². The third-order valence-corrected chi connectivity index (χ3v) is 6.20. The Morgan fingerprint density at radius 1 is 1.24 bits per heavy atom. The molecular formula is C22H37N3O4. The highest BCUT2D eigenvalue weighted by Gasteiger charge is 2.57. The van der Waals surface area contributed by atoms with E-state index >= 15 is 0 Å². The van der Waals surface area contributed by atoms with E-state index in [9.17, 15) is 19.5 Å². The first-order valence-corrected chi connectivity index (χ1v) is 10.9. The summed E-state index contributed by atoms with van der Waals surface area (Å²) in [5.41, 5.74) is 0. The molecule has 7 heteroatoms. The maximum Gasteiger partial charge on any atom is 0.243 e. The molecule has 7 nitrogen and oxygen atoms in total. The predicted octanol–water partition coefficient (Wildman–Crippen LogP) is 1.32. The van der Waals surface area contributed by atoms with Crippen molar-refractivity contribution in [2.45, 2.75) is 59.0 Å². The Balaban J connectivity index is 2.44. The van der Waals surface area contributed by atoms with E-state index in [-0.39, 0.29) is 42.1 Å². The number of amides is 3. The van der Waals surface area contributed by atoms with Crippen LogP contribution in [0.4, 0.5) is 0 Å². The molecule has 1 heterocycles. The van der Waals surface area contributed by atoms with Crippen LogP contribution in [0.5, 0.6) is 0 Å². The number of carbonyl (C=O) groups excluding carboxylic acids is 3. The summed E-state index contributed by atoms with van der Waals surface area (Å²) in [6.07, 6.45) is 6.30. The van der Waals surface area contributed by atoms with Crippen LogP contribution < -0.4 is 10.6 Å². The zero-order valence-electron chi connectivity index (χ0n) is 18.4. The van der Waals surface area contributed by atoms with Crippen molar-refractivity contribution < 1.29 is 19.5 Å². The molecule has 0 unspecified atom stereocenters. The Bertz CT molecular complexity index is 634. The minimum absolute atomic E-state index is 0.0958. The highest BCUT2D eigenvalue weighted by Crippen LogP contribution is 2.45. The SMILES string of the molecule is CCCCNC(=O)[C@@H]1[C@H]2C=C[C@@H](C)[C@@H](C(=O)NC)[C@H]2C(=O)N1[C@@H](CO)CC(C)C. The van der Waals surface area contributed by atoms with E-state index in [1.807, 2.05) is 32.9 Å². The van der Waals surface area contributed by atoms with Crippen molar-refractivity contribution in [2.75, 3.05) is 20.2 Å². The van der Waals surface area contributed by atoms with Gasteiger partial charge in [-0.3, -0.25) is 14.4 Å². The van der Waals surface area contributed by atoms with Gasteiger partial charge in [0.1, 0.15) is 6.04 Å². The molecule has 1 fully saturated rings. The lowest BCUT2D eigenvalue weighted by Crippen LogP contribution is -2.52. The quantitative estimate of drug-likeness (QED) is 0.397. The van der Waals surface area contributed by atoms with Gasteiger partial charge in [0, 0.05) is 19.5 Å². The smallest absolute Gasteiger partial charge is 0.243 e. The van der Waals surface area contributed by atoms with E-state index in [1.165, 1.54) is 0 Å². The van der Waals surface area contributed by atoms with Gasteiger partial charge < -0.3 is 20.6 Å². The van der Waals surface area contributed by atoms with Gasteiger partial charge in [0.15, 0.2) is 0 Å². The molecule has 0 aromatic rings. The van der Waals surface area contributed by atoms with E-state index in [1.54, 1.807) is 11.9 Å².